The fraction of sp³-hybridized carbons (Fsp3) is 0.0500. The lowest BCUT2D eigenvalue weighted by Crippen LogP contribution is -2.21. The van der Waals surface area contributed by atoms with Crippen molar-refractivity contribution in [1.82, 2.24) is 0 Å². The van der Waals surface area contributed by atoms with Crippen LogP contribution >= 0.6 is 0 Å². The van der Waals surface area contributed by atoms with E-state index in [-0.39, 0.29) is 35.1 Å². The Labute approximate surface area is 156 Å². The highest BCUT2D eigenvalue weighted by Gasteiger charge is 2.28. The number of ether oxygens (including phenoxy) is 2. The number of nitrogens with zero attached hydrogens (tertiary/aromatic N) is 1. The SMILES string of the molecule is [B]N1c2ccc(O)cc2Oc2cc(O)cc(C(=O)OCc3ccccc3)c21. The fourth-order valence-corrected chi connectivity index (χ4v) is 2.90. The van der Waals surface area contributed by atoms with Gasteiger partial charge in [0, 0.05) is 12.1 Å². The largest absolute Gasteiger partial charge is 0.508 e. The predicted octanol–water partition coefficient (Wildman–Crippen LogP) is 3.78. The Balaban J connectivity index is 1.68. The van der Waals surface area contributed by atoms with E-state index in [0.717, 1.165) is 5.56 Å². The number of phenolic OH excluding ortho intramolecular Hbond substituents is 2. The average molecular weight is 359 g/mol. The number of fused-ring (bicyclic) bond motifs is 2. The second-order valence-corrected chi connectivity index (χ2v) is 6.03. The summed E-state index contributed by atoms with van der Waals surface area (Å²) in [5.74, 6) is -0.320. The lowest BCUT2D eigenvalue weighted by Gasteiger charge is -2.31. The van der Waals surface area contributed by atoms with Gasteiger partial charge in [0.1, 0.15) is 18.1 Å². The molecule has 0 aromatic heterocycles. The molecule has 3 aromatic carbocycles. The topological polar surface area (TPSA) is 79.2 Å². The van der Waals surface area contributed by atoms with E-state index >= 15 is 0 Å². The summed E-state index contributed by atoms with van der Waals surface area (Å²) >= 11 is 0. The zero-order valence-corrected chi connectivity index (χ0v) is 14.1. The molecule has 4 rings (SSSR count). The zero-order chi connectivity index (χ0) is 19.0. The number of carbonyl (C=O) groups excluding carboxylic acids is 1. The molecular weight excluding hydrogens is 345 g/mol. The third kappa shape index (κ3) is 3.15. The van der Waals surface area contributed by atoms with Crippen molar-refractivity contribution in [2.24, 2.45) is 0 Å². The number of anilines is 2. The van der Waals surface area contributed by atoms with Crippen molar-refractivity contribution in [3.63, 3.8) is 0 Å². The van der Waals surface area contributed by atoms with Gasteiger partial charge in [0.2, 0.25) is 7.98 Å². The number of carbonyl (C=O) groups is 1. The quantitative estimate of drug-likeness (QED) is 0.547. The van der Waals surface area contributed by atoms with Crippen LogP contribution in [0.25, 0.3) is 0 Å². The first-order valence-electron chi connectivity index (χ1n) is 8.16. The van der Waals surface area contributed by atoms with Crippen LogP contribution < -0.4 is 9.55 Å². The normalized spacial score (nSPS) is 11.9. The Hall–Kier alpha value is -3.61. The van der Waals surface area contributed by atoms with Gasteiger partial charge < -0.3 is 24.5 Å². The lowest BCUT2D eigenvalue weighted by molar-refractivity contribution is 0.0473. The molecule has 0 saturated carbocycles. The smallest absolute Gasteiger partial charge is 0.340 e. The second kappa shape index (κ2) is 6.61. The van der Waals surface area contributed by atoms with Gasteiger partial charge in [0.05, 0.1) is 16.9 Å². The molecule has 1 aliphatic heterocycles. The molecule has 0 spiro atoms. The lowest BCUT2D eigenvalue weighted by atomic mass is 10.0. The molecule has 7 heteroatoms. The molecule has 0 saturated heterocycles. The molecule has 3 aromatic rings. The Morgan fingerprint density at radius 1 is 1.00 bits per heavy atom. The first-order valence-corrected chi connectivity index (χ1v) is 8.16. The first kappa shape index (κ1) is 16.8. The summed E-state index contributed by atoms with van der Waals surface area (Å²) in [5, 5.41) is 19.6. The summed E-state index contributed by atoms with van der Waals surface area (Å²) in [4.78, 5) is 13.9. The molecule has 1 heterocycles. The number of phenols is 2. The molecule has 2 radical (unpaired) electrons. The number of hydrogen-bond donors (Lipinski definition) is 2. The van der Waals surface area contributed by atoms with Crippen LogP contribution in [0.1, 0.15) is 15.9 Å². The van der Waals surface area contributed by atoms with E-state index in [2.05, 4.69) is 0 Å². The van der Waals surface area contributed by atoms with Crippen LogP contribution in [-0.4, -0.2) is 24.2 Å². The monoisotopic (exact) mass is 359 g/mol. The molecule has 0 aliphatic carbocycles. The number of esters is 1. The van der Waals surface area contributed by atoms with Crippen LogP contribution in [0.3, 0.4) is 0 Å². The molecule has 27 heavy (non-hydrogen) atoms. The van der Waals surface area contributed by atoms with Gasteiger partial charge in [-0.3, -0.25) is 0 Å². The molecule has 0 unspecified atom stereocenters. The second-order valence-electron chi connectivity index (χ2n) is 6.03. The molecule has 0 fully saturated rings. The van der Waals surface area contributed by atoms with E-state index < -0.39 is 5.97 Å². The van der Waals surface area contributed by atoms with Gasteiger partial charge in [0.15, 0.2) is 11.5 Å². The fourth-order valence-electron chi connectivity index (χ4n) is 2.90. The summed E-state index contributed by atoms with van der Waals surface area (Å²) in [6, 6.07) is 16.3. The van der Waals surface area contributed by atoms with Crippen molar-refractivity contribution in [2.45, 2.75) is 6.61 Å². The number of benzene rings is 3. The van der Waals surface area contributed by atoms with Crippen LogP contribution in [0.15, 0.2) is 60.7 Å². The standard InChI is InChI=1S/C20H14BNO5/c21-22-16-7-6-13(23)9-17(16)27-18-10-14(24)8-15(19(18)22)20(25)26-11-12-4-2-1-3-5-12/h1-10,23-24H,11H2. The Morgan fingerprint density at radius 3 is 2.52 bits per heavy atom. The Kier molecular flexibility index (Phi) is 4.12. The summed E-state index contributed by atoms with van der Waals surface area (Å²) < 4.78 is 11.1. The minimum atomic E-state index is -0.646. The number of hydrogen-bond acceptors (Lipinski definition) is 6. The van der Waals surface area contributed by atoms with Crippen molar-refractivity contribution >= 4 is 25.3 Å². The number of aromatic hydroxyl groups is 2. The maximum Gasteiger partial charge on any atom is 0.340 e. The molecule has 0 amide bonds. The maximum atomic E-state index is 12.6. The average Bonchev–Trinajstić information content (AvgIpc) is 2.66. The molecule has 0 bridgehead atoms. The molecule has 6 nitrogen and oxygen atoms in total. The highest BCUT2D eigenvalue weighted by atomic mass is 16.5. The predicted molar refractivity (Wildman–Crippen MR) is 99.7 cm³/mol. The van der Waals surface area contributed by atoms with E-state index in [1.54, 1.807) is 6.07 Å². The van der Waals surface area contributed by atoms with E-state index in [9.17, 15) is 15.0 Å². The van der Waals surface area contributed by atoms with Gasteiger partial charge in [0.25, 0.3) is 0 Å². The van der Waals surface area contributed by atoms with Crippen molar-refractivity contribution in [1.29, 1.82) is 0 Å². The zero-order valence-electron chi connectivity index (χ0n) is 14.1. The van der Waals surface area contributed by atoms with Crippen molar-refractivity contribution in [3.05, 3.63) is 71.8 Å². The van der Waals surface area contributed by atoms with E-state index in [1.807, 2.05) is 30.3 Å². The van der Waals surface area contributed by atoms with Crippen molar-refractivity contribution < 1.29 is 24.5 Å². The van der Waals surface area contributed by atoms with Gasteiger partial charge in [-0.05, 0) is 23.8 Å². The third-order valence-corrected chi connectivity index (χ3v) is 4.16. The van der Waals surface area contributed by atoms with Crippen LogP contribution in [0.5, 0.6) is 23.0 Å². The highest BCUT2D eigenvalue weighted by Crippen LogP contribution is 2.49. The van der Waals surface area contributed by atoms with Crippen LogP contribution in [0.2, 0.25) is 0 Å². The first-order chi connectivity index (χ1) is 13.0. The molecular formula is C20H14BNO5. The van der Waals surface area contributed by atoms with Gasteiger partial charge in [-0.1, -0.05) is 30.3 Å². The van der Waals surface area contributed by atoms with E-state index in [1.165, 1.54) is 29.1 Å². The Bertz CT molecular complexity index is 1020. The third-order valence-electron chi connectivity index (χ3n) is 4.16. The van der Waals surface area contributed by atoms with Gasteiger partial charge in [-0.25, -0.2) is 4.79 Å². The molecule has 1 aliphatic rings. The van der Waals surface area contributed by atoms with Crippen LogP contribution in [0.4, 0.5) is 11.4 Å². The van der Waals surface area contributed by atoms with Crippen molar-refractivity contribution in [2.75, 3.05) is 4.81 Å². The van der Waals surface area contributed by atoms with Gasteiger partial charge >= 0.3 is 5.97 Å². The molecule has 0 atom stereocenters. The van der Waals surface area contributed by atoms with Gasteiger partial charge in [-0.2, -0.15) is 0 Å². The summed E-state index contributed by atoms with van der Waals surface area (Å²) in [6.07, 6.45) is 0. The van der Waals surface area contributed by atoms with Crippen LogP contribution in [-0.2, 0) is 11.3 Å². The Morgan fingerprint density at radius 2 is 1.74 bits per heavy atom. The summed E-state index contributed by atoms with van der Waals surface area (Å²) in [6.45, 7) is 0.0833. The van der Waals surface area contributed by atoms with Crippen molar-refractivity contribution in [3.8, 4) is 23.0 Å². The molecule has 132 valence electrons. The number of rotatable bonds is 3. The minimum absolute atomic E-state index is 0.00764. The highest BCUT2D eigenvalue weighted by molar-refractivity contribution is 6.25. The summed E-state index contributed by atoms with van der Waals surface area (Å²) in [5.41, 5.74) is 1.64. The van der Waals surface area contributed by atoms with Crippen LogP contribution in [0, 0.1) is 0 Å². The maximum absolute atomic E-state index is 12.6. The van der Waals surface area contributed by atoms with Gasteiger partial charge in [-0.15, -0.1) is 0 Å². The van der Waals surface area contributed by atoms with E-state index in [0.29, 0.717) is 11.4 Å². The summed E-state index contributed by atoms with van der Waals surface area (Å²) in [7, 11) is 6.19. The van der Waals surface area contributed by atoms with E-state index in [4.69, 9.17) is 17.5 Å². The minimum Gasteiger partial charge on any atom is -0.508 e. The molecule has 2 N–H and O–H groups in total.